The predicted molar refractivity (Wildman–Crippen MR) is 139 cm³/mol. The van der Waals surface area contributed by atoms with Crippen LogP contribution >= 0.6 is 0 Å². The average Bonchev–Trinajstić information content (AvgIpc) is 3.51. The van der Waals surface area contributed by atoms with Gasteiger partial charge >= 0.3 is 0 Å². The van der Waals surface area contributed by atoms with Gasteiger partial charge in [0.1, 0.15) is 11.6 Å². The van der Waals surface area contributed by atoms with E-state index in [1.54, 1.807) is 26.9 Å². The fourth-order valence-corrected chi connectivity index (χ4v) is 6.56. The molecule has 202 valence electrons. The van der Waals surface area contributed by atoms with Gasteiger partial charge in [0.05, 0.1) is 30.6 Å². The van der Waals surface area contributed by atoms with Crippen molar-refractivity contribution in [1.82, 2.24) is 14.7 Å². The van der Waals surface area contributed by atoms with Crippen LogP contribution in [0.5, 0.6) is 0 Å². The van der Waals surface area contributed by atoms with E-state index in [2.05, 4.69) is 20.1 Å². The number of rotatable bonds is 15. The van der Waals surface area contributed by atoms with Crippen LogP contribution in [0, 0.1) is 11.8 Å². The zero-order chi connectivity index (χ0) is 26.5. The molecule has 0 aromatic carbocycles. The number of hydrogen-bond donors (Lipinski definition) is 1. The summed E-state index contributed by atoms with van der Waals surface area (Å²) in [5.74, 6) is -1.85. The zero-order valence-electron chi connectivity index (χ0n) is 22.4. The fourth-order valence-electron chi connectivity index (χ4n) is 6.56. The Balaban J connectivity index is 2.03. The summed E-state index contributed by atoms with van der Waals surface area (Å²) in [5, 5.41) is 10.2. The second-order valence-corrected chi connectivity index (χ2v) is 10.4. The number of nitrogens with zero attached hydrogens (tertiary/aromatic N) is 3. The maximum Gasteiger partial charge on any atom is 0.248 e. The highest BCUT2D eigenvalue weighted by atomic mass is 16.5. The molecule has 2 bridgehead atoms. The van der Waals surface area contributed by atoms with Crippen molar-refractivity contribution in [1.29, 1.82) is 0 Å². The van der Waals surface area contributed by atoms with E-state index in [0.717, 1.165) is 25.7 Å². The van der Waals surface area contributed by atoms with Crippen molar-refractivity contribution in [3.8, 4) is 0 Å². The molecule has 0 aliphatic carbocycles. The molecule has 1 N–H and O–H groups in total. The number of ether oxygens (including phenoxy) is 1. The number of amides is 3. The third-order valence-corrected chi connectivity index (χ3v) is 8.18. The third kappa shape index (κ3) is 4.86. The first-order valence-electron chi connectivity index (χ1n) is 13.8. The number of aliphatic hydroxyl groups excluding tert-OH is 1. The molecule has 3 saturated heterocycles. The van der Waals surface area contributed by atoms with Crippen LogP contribution in [0.1, 0.15) is 65.7 Å². The van der Waals surface area contributed by atoms with E-state index in [9.17, 15) is 19.5 Å². The SMILES string of the molecule is C=CCN(CCCCC)C(=O)C1N([C@@H](CC)CO)C(=O)[C@@H]2[C@@H](C(=O)N(CC=C)CCC)[C@H]3CCC12O3. The summed E-state index contributed by atoms with van der Waals surface area (Å²) in [5.41, 5.74) is -1.04. The van der Waals surface area contributed by atoms with Gasteiger partial charge in [-0.1, -0.05) is 45.8 Å². The Bertz CT molecular complexity index is 828. The van der Waals surface area contributed by atoms with Crippen molar-refractivity contribution in [2.75, 3.05) is 32.8 Å². The molecule has 0 aromatic heterocycles. The summed E-state index contributed by atoms with van der Waals surface area (Å²) in [7, 11) is 0. The summed E-state index contributed by atoms with van der Waals surface area (Å²) in [4.78, 5) is 47.1. The standard InChI is InChI=1S/C28H45N3O5/c1-6-11-12-18-30(17-9-4)27(35)24-28-14-13-21(36-28)22(25(33)29(15-7-2)16-8-3)23(28)26(34)31(24)20(10-5)19-32/h7,9,20-24,32H,2,4,6,8,10-19H2,1,3,5H3/t20-,21+,22-,23-,24?,28?/m0/s1. The first-order valence-corrected chi connectivity index (χ1v) is 13.8. The van der Waals surface area contributed by atoms with Gasteiger partial charge in [0.15, 0.2) is 0 Å². The third-order valence-electron chi connectivity index (χ3n) is 8.18. The first kappa shape index (κ1) is 28.4. The normalized spacial score (nSPS) is 29.2. The summed E-state index contributed by atoms with van der Waals surface area (Å²) < 4.78 is 6.56. The smallest absolute Gasteiger partial charge is 0.248 e. The van der Waals surface area contributed by atoms with Crippen molar-refractivity contribution in [3.05, 3.63) is 25.3 Å². The van der Waals surface area contributed by atoms with Gasteiger partial charge in [-0.3, -0.25) is 14.4 Å². The minimum absolute atomic E-state index is 0.0994. The molecular weight excluding hydrogens is 458 g/mol. The van der Waals surface area contributed by atoms with Crippen LogP contribution in [0.3, 0.4) is 0 Å². The van der Waals surface area contributed by atoms with Gasteiger partial charge in [0, 0.05) is 26.2 Å². The van der Waals surface area contributed by atoms with E-state index < -0.39 is 29.5 Å². The quantitative estimate of drug-likeness (QED) is 0.274. The molecule has 6 atom stereocenters. The van der Waals surface area contributed by atoms with Crippen LogP contribution in [0.15, 0.2) is 25.3 Å². The van der Waals surface area contributed by atoms with Gasteiger partial charge in [-0.2, -0.15) is 0 Å². The highest BCUT2D eigenvalue weighted by molar-refractivity contribution is 5.99. The van der Waals surface area contributed by atoms with Crippen LogP contribution in [-0.4, -0.2) is 94.1 Å². The molecule has 3 amide bonds. The monoisotopic (exact) mass is 503 g/mol. The molecule has 36 heavy (non-hydrogen) atoms. The lowest BCUT2D eigenvalue weighted by Crippen LogP contribution is -2.58. The van der Waals surface area contributed by atoms with E-state index in [4.69, 9.17) is 4.74 Å². The minimum Gasteiger partial charge on any atom is -0.394 e. The van der Waals surface area contributed by atoms with Crippen molar-refractivity contribution < 1.29 is 24.2 Å². The van der Waals surface area contributed by atoms with E-state index in [1.807, 2.05) is 13.8 Å². The van der Waals surface area contributed by atoms with Crippen molar-refractivity contribution in [2.24, 2.45) is 11.8 Å². The van der Waals surface area contributed by atoms with Gasteiger partial charge in [-0.25, -0.2) is 0 Å². The van der Waals surface area contributed by atoms with Gasteiger partial charge in [-0.15, -0.1) is 13.2 Å². The Labute approximate surface area is 216 Å². The van der Waals surface area contributed by atoms with E-state index in [-0.39, 0.29) is 30.4 Å². The lowest BCUT2D eigenvalue weighted by Gasteiger charge is -2.39. The lowest BCUT2D eigenvalue weighted by molar-refractivity contribution is -0.152. The lowest BCUT2D eigenvalue weighted by atomic mass is 9.70. The van der Waals surface area contributed by atoms with Gasteiger partial charge in [0.2, 0.25) is 17.7 Å². The second-order valence-electron chi connectivity index (χ2n) is 10.4. The van der Waals surface area contributed by atoms with Crippen LogP contribution < -0.4 is 0 Å². The van der Waals surface area contributed by atoms with E-state index >= 15 is 0 Å². The molecule has 0 saturated carbocycles. The van der Waals surface area contributed by atoms with Gasteiger partial charge in [0.25, 0.3) is 0 Å². The van der Waals surface area contributed by atoms with Gasteiger partial charge < -0.3 is 24.5 Å². The number of hydrogen-bond acceptors (Lipinski definition) is 5. The molecule has 3 fully saturated rings. The van der Waals surface area contributed by atoms with E-state index in [1.165, 1.54) is 0 Å². The molecular formula is C28H45N3O5. The Hall–Kier alpha value is -2.19. The molecule has 2 unspecified atom stereocenters. The number of carbonyl (C=O) groups excluding carboxylic acids is 3. The zero-order valence-corrected chi connectivity index (χ0v) is 22.4. The Morgan fingerprint density at radius 2 is 1.78 bits per heavy atom. The first-order chi connectivity index (χ1) is 17.4. The highest BCUT2D eigenvalue weighted by Crippen LogP contribution is 2.59. The van der Waals surface area contributed by atoms with Crippen molar-refractivity contribution in [3.63, 3.8) is 0 Å². The molecule has 3 rings (SSSR count). The Morgan fingerprint density at radius 1 is 1.11 bits per heavy atom. The molecule has 1 spiro atoms. The maximum absolute atomic E-state index is 14.2. The van der Waals surface area contributed by atoms with Crippen molar-refractivity contribution in [2.45, 2.75) is 89.5 Å². The minimum atomic E-state index is -1.04. The number of fused-ring (bicyclic) bond motifs is 1. The summed E-state index contributed by atoms with van der Waals surface area (Å²) >= 11 is 0. The molecule has 0 radical (unpaired) electrons. The maximum atomic E-state index is 14.2. The Kier molecular flexibility index (Phi) is 9.75. The molecule has 0 aromatic rings. The van der Waals surface area contributed by atoms with Crippen LogP contribution in [0.2, 0.25) is 0 Å². The molecule has 3 heterocycles. The number of carbonyl (C=O) groups is 3. The molecule has 8 nitrogen and oxygen atoms in total. The van der Waals surface area contributed by atoms with E-state index in [0.29, 0.717) is 45.4 Å². The fraction of sp³-hybridized carbons (Fsp3) is 0.750. The largest absolute Gasteiger partial charge is 0.394 e. The summed E-state index contributed by atoms with van der Waals surface area (Å²) in [6.07, 6.45) is 8.43. The summed E-state index contributed by atoms with van der Waals surface area (Å²) in [6.45, 7) is 15.4. The number of likely N-dealkylation sites (tertiary alicyclic amines) is 1. The van der Waals surface area contributed by atoms with Crippen LogP contribution in [0.25, 0.3) is 0 Å². The van der Waals surface area contributed by atoms with Crippen molar-refractivity contribution >= 4 is 17.7 Å². The highest BCUT2D eigenvalue weighted by Gasteiger charge is 2.75. The number of unbranched alkanes of at least 4 members (excludes halogenated alkanes) is 2. The van der Waals surface area contributed by atoms with Crippen LogP contribution in [-0.2, 0) is 19.1 Å². The topological polar surface area (TPSA) is 90.4 Å². The summed E-state index contributed by atoms with van der Waals surface area (Å²) in [6, 6.07) is -1.36. The number of aliphatic hydroxyl groups is 1. The van der Waals surface area contributed by atoms with Crippen LogP contribution in [0.4, 0.5) is 0 Å². The average molecular weight is 504 g/mol. The molecule has 3 aliphatic rings. The Morgan fingerprint density at radius 3 is 2.33 bits per heavy atom. The second kappa shape index (κ2) is 12.4. The van der Waals surface area contributed by atoms with Gasteiger partial charge in [-0.05, 0) is 32.1 Å². The predicted octanol–water partition coefficient (Wildman–Crippen LogP) is 2.76. The molecule has 3 aliphatic heterocycles. The molecule has 8 heteroatoms.